The number of rotatable bonds is 8. The van der Waals surface area contributed by atoms with Crippen molar-refractivity contribution in [2.75, 3.05) is 19.8 Å². The lowest BCUT2D eigenvalue weighted by Gasteiger charge is -1.96. The zero-order valence-corrected chi connectivity index (χ0v) is 12.1. The van der Waals surface area contributed by atoms with Gasteiger partial charge in [-0.3, -0.25) is 4.79 Å². The van der Waals surface area contributed by atoms with Crippen molar-refractivity contribution in [3.8, 4) is 0 Å². The number of aliphatic carboxylic acids is 1. The largest absolute Gasteiger partial charge is 0.481 e. The summed E-state index contributed by atoms with van der Waals surface area (Å²) in [5.74, 6) is -0.670. The molecule has 0 aromatic rings. The van der Waals surface area contributed by atoms with Gasteiger partial charge in [0.05, 0.1) is 13.2 Å². The zero-order chi connectivity index (χ0) is 15.5. The number of aliphatic hydroxyl groups is 4. The fraction of sp³-hybridized carbons (Fsp3) is 0.923. The number of carboxylic acids is 1. The summed E-state index contributed by atoms with van der Waals surface area (Å²) in [6, 6.07) is 0. The van der Waals surface area contributed by atoms with Gasteiger partial charge in [-0.05, 0) is 13.3 Å². The summed E-state index contributed by atoms with van der Waals surface area (Å²) in [5, 5.41) is 39.9. The molecule has 0 amide bonds. The lowest BCUT2D eigenvalue weighted by atomic mass is 10.1. The first-order valence-corrected chi connectivity index (χ1v) is 6.72. The van der Waals surface area contributed by atoms with Crippen LogP contribution in [-0.2, 0) is 4.79 Å². The molecule has 0 bridgehead atoms. The molecule has 0 rings (SSSR count). The van der Waals surface area contributed by atoms with Crippen molar-refractivity contribution in [1.29, 1.82) is 0 Å². The van der Waals surface area contributed by atoms with Crippen molar-refractivity contribution < 1.29 is 30.3 Å². The molecule has 5 N–H and O–H groups in total. The van der Waals surface area contributed by atoms with Crippen molar-refractivity contribution in [1.82, 2.24) is 0 Å². The third-order valence-corrected chi connectivity index (χ3v) is 1.92. The van der Waals surface area contributed by atoms with Gasteiger partial charge >= 0.3 is 5.97 Å². The first-order chi connectivity index (χ1) is 8.99. The summed E-state index contributed by atoms with van der Waals surface area (Å²) < 4.78 is 0. The van der Waals surface area contributed by atoms with Crippen LogP contribution in [0.1, 0.15) is 52.4 Å². The Morgan fingerprint density at radius 1 is 0.947 bits per heavy atom. The molecule has 0 saturated carbocycles. The van der Waals surface area contributed by atoms with Gasteiger partial charge in [0.25, 0.3) is 0 Å². The molecule has 0 aliphatic carbocycles. The van der Waals surface area contributed by atoms with E-state index in [1.807, 2.05) is 0 Å². The Morgan fingerprint density at radius 2 is 1.37 bits per heavy atom. The third-order valence-electron chi connectivity index (χ3n) is 1.92. The molecule has 0 aromatic carbocycles. The summed E-state index contributed by atoms with van der Waals surface area (Å²) in [7, 11) is 0. The number of hydrogen-bond acceptors (Lipinski definition) is 5. The van der Waals surface area contributed by atoms with Gasteiger partial charge in [0, 0.05) is 13.0 Å². The van der Waals surface area contributed by atoms with Crippen molar-refractivity contribution in [3.63, 3.8) is 0 Å². The molecule has 6 heteroatoms. The quantitative estimate of drug-likeness (QED) is 0.419. The summed E-state index contributed by atoms with van der Waals surface area (Å²) in [6.45, 7) is 3.35. The van der Waals surface area contributed by atoms with Crippen LogP contribution in [-0.4, -0.2) is 57.4 Å². The molecule has 0 unspecified atom stereocenters. The molecule has 0 spiro atoms. The third kappa shape index (κ3) is 38.2. The van der Waals surface area contributed by atoms with Crippen LogP contribution in [0.2, 0.25) is 0 Å². The Kier molecular flexibility index (Phi) is 27.7. The molecule has 0 fully saturated rings. The van der Waals surface area contributed by atoms with Crippen LogP contribution >= 0.6 is 0 Å². The molecule has 0 aliphatic heterocycles. The topological polar surface area (TPSA) is 118 Å². The number of hydrogen-bond donors (Lipinski definition) is 5. The molecule has 118 valence electrons. The maximum Gasteiger partial charge on any atom is 0.303 e. The average Bonchev–Trinajstić information content (AvgIpc) is 2.39. The highest BCUT2D eigenvalue weighted by molar-refractivity contribution is 5.66. The van der Waals surface area contributed by atoms with Gasteiger partial charge in [0.15, 0.2) is 0 Å². The van der Waals surface area contributed by atoms with Crippen LogP contribution in [0.15, 0.2) is 0 Å². The first kappa shape index (κ1) is 23.4. The molecule has 19 heavy (non-hydrogen) atoms. The molecular weight excluding hydrogens is 252 g/mol. The fourth-order valence-corrected chi connectivity index (χ4v) is 0.938. The summed E-state index contributed by atoms with van der Waals surface area (Å²) >= 11 is 0. The molecule has 0 saturated heterocycles. The van der Waals surface area contributed by atoms with Gasteiger partial charge in [-0.15, -0.1) is 0 Å². The minimum atomic E-state index is -0.954. The Balaban J connectivity index is -0.000000242. The van der Waals surface area contributed by atoms with E-state index in [0.717, 1.165) is 12.8 Å². The van der Waals surface area contributed by atoms with Gasteiger partial charge in [-0.1, -0.05) is 32.6 Å². The maximum absolute atomic E-state index is 10.0. The van der Waals surface area contributed by atoms with Gasteiger partial charge in [-0.25, -0.2) is 0 Å². The highest BCUT2D eigenvalue weighted by Gasteiger charge is 1.95. The monoisotopic (exact) mass is 282 g/mol. The molecule has 6 nitrogen and oxygen atoms in total. The second kappa shape index (κ2) is 22.5. The Labute approximate surface area is 115 Å². The van der Waals surface area contributed by atoms with Crippen molar-refractivity contribution in [2.45, 2.75) is 58.5 Å². The second-order valence-corrected chi connectivity index (χ2v) is 3.89. The highest BCUT2D eigenvalue weighted by Crippen LogP contribution is 2.04. The van der Waals surface area contributed by atoms with Gasteiger partial charge in [0.2, 0.25) is 0 Å². The smallest absolute Gasteiger partial charge is 0.303 e. The van der Waals surface area contributed by atoms with E-state index in [2.05, 4.69) is 6.92 Å². The molecule has 0 atom stereocenters. The van der Waals surface area contributed by atoms with Crippen molar-refractivity contribution in [2.24, 2.45) is 0 Å². The van der Waals surface area contributed by atoms with E-state index in [4.69, 9.17) is 25.5 Å². The van der Waals surface area contributed by atoms with E-state index in [1.165, 1.54) is 19.3 Å². The lowest BCUT2D eigenvalue weighted by molar-refractivity contribution is -0.137. The predicted molar refractivity (Wildman–Crippen MR) is 74.0 cm³/mol. The van der Waals surface area contributed by atoms with Gasteiger partial charge < -0.3 is 25.5 Å². The summed E-state index contributed by atoms with van der Waals surface area (Å²) in [5.41, 5.74) is 0. The van der Waals surface area contributed by atoms with E-state index in [-0.39, 0.29) is 19.8 Å². The molecule has 0 heterocycles. The summed E-state index contributed by atoms with van der Waals surface area (Å²) in [6.07, 6.45) is 4.93. The van der Waals surface area contributed by atoms with Crippen LogP contribution in [0.25, 0.3) is 0 Å². The van der Waals surface area contributed by atoms with Crippen LogP contribution in [0, 0.1) is 0 Å². The minimum Gasteiger partial charge on any atom is -0.481 e. The normalized spacial score (nSPS) is 9.21. The number of carboxylic acid groups (broad SMARTS) is 1. The Morgan fingerprint density at radius 3 is 1.63 bits per heavy atom. The van der Waals surface area contributed by atoms with E-state index in [9.17, 15) is 4.79 Å². The molecule has 0 radical (unpaired) electrons. The van der Waals surface area contributed by atoms with Gasteiger partial charge in [0.1, 0.15) is 6.10 Å². The number of unbranched alkanes of at least 4 members (excludes halogenated alkanes) is 4. The fourth-order valence-electron chi connectivity index (χ4n) is 0.938. The van der Waals surface area contributed by atoms with Crippen LogP contribution in [0.3, 0.4) is 0 Å². The van der Waals surface area contributed by atoms with Crippen molar-refractivity contribution >= 4 is 5.97 Å². The number of carbonyl (C=O) groups is 1. The minimum absolute atomic E-state index is 0.250. The van der Waals surface area contributed by atoms with E-state index in [0.29, 0.717) is 6.42 Å². The standard InChI is InChI=1S/C8H16O2.C3H8O3.C2H6O/c1-2-3-4-5-6-7-8(9)10;4-1-3(6)2-5;1-2-3/h2-7H2,1H3,(H,9,10);3-6H,1-2H2;3H,2H2,1H3. The zero-order valence-electron chi connectivity index (χ0n) is 12.1. The maximum atomic E-state index is 10.0. The second-order valence-electron chi connectivity index (χ2n) is 3.89. The average molecular weight is 282 g/mol. The predicted octanol–water partition coefficient (Wildman–Crippen LogP) is 0.762. The number of aliphatic hydroxyl groups excluding tert-OH is 4. The molecule has 0 aromatic heterocycles. The van der Waals surface area contributed by atoms with Crippen molar-refractivity contribution in [3.05, 3.63) is 0 Å². The van der Waals surface area contributed by atoms with E-state index >= 15 is 0 Å². The highest BCUT2D eigenvalue weighted by atomic mass is 16.4. The van der Waals surface area contributed by atoms with Crippen LogP contribution in [0.5, 0.6) is 0 Å². The summed E-state index contributed by atoms with van der Waals surface area (Å²) in [4.78, 5) is 10.0. The van der Waals surface area contributed by atoms with Gasteiger partial charge in [-0.2, -0.15) is 0 Å². The van der Waals surface area contributed by atoms with E-state index in [1.54, 1.807) is 6.92 Å². The van der Waals surface area contributed by atoms with Crippen LogP contribution < -0.4 is 0 Å². The lowest BCUT2D eigenvalue weighted by Crippen LogP contribution is -2.15. The SMILES string of the molecule is CCCCCCCC(=O)O.CCO.OCC(O)CO. The van der Waals surface area contributed by atoms with Crippen LogP contribution in [0.4, 0.5) is 0 Å². The first-order valence-electron chi connectivity index (χ1n) is 6.72. The Bertz CT molecular complexity index is 159. The van der Waals surface area contributed by atoms with E-state index < -0.39 is 12.1 Å². The molecular formula is C13H30O6. The Hall–Kier alpha value is -0.690. The molecule has 0 aliphatic rings.